The SMILES string of the molecule is CCOC(=O)/C=C\[C@H]1O[C@H]1[C@@H](C)COCc1ccccc1. The van der Waals surface area contributed by atoms with Crippen molar-refractivity contribution in [1.82, 2.24) is 0 Å². The summed E-state index contributed by atoms with van der Waals surface area (Å²) < 4.78 is 16.1. The summed E-state index contributed by atoms with van der Waals surface area (Å²) in [5.74, 6) is -0.0229. The highest BCUT2D eigenvalue weighted by Crippen LogP contribution is 2.30. The molecule has 21 heavy (non-hydrogen) atoms. The Morgan fingerprint density at radius 3 is 2.86 bits per heavy atom. The van der Waals surface area contributed by atoms with Gasteiger partial charge in [-0.3, -0.25) is 0 Å². The predicted molar refractivity (Wildman–Crippen MR) is 79.7 cm³/mol. The lowest BCUT2D eigenvalue weighted by molar-refractivity contribution is -0.137. The van der Waals surface area contributed by atoms with Crippen LogP contribution in [0.1, 0.15) is 19.4 Å². The molecule has 4 nitrogen and oxygen atoms in total. The number of benzene rings is 1. The molecule has 1 aliphatic heterocycles. The van der Waals surface area contributed by atoms with Crippen LogP contribution in [-0.4, -0.2) is 31.4 Å². The van der Waals surface area contributed by atoms with Crippen LogP contribution in [0.4, 0.5) is 0 Å². The van der Waals surface area contributed by atoms with Crippen LogP contribution < -0.4 is 0 Å². The minimum atomic E-state index is -0.320. The third-order valence-electron chi connectivity index (χ3n) is 3.32. The quantitative estimate of drug-likeness (QED) is 0.419. The molecule has 0 radical (unpaired) electrons. The number of hydrogen-bond donors (Lipinski definition) is 0. The molecule has 1 aromatic carbocycles. The third kappa shape index (κ3) is 5.33. The maximum absolute atomic E-state index is 11.2. The van der Waals surface area contributed by atoms with Crippen LogP contribution in [-0.2, 0) is 25.6 Å². The maximum atomic E-state index is 11.2. The first kappa shape index (κ1) is 15.7. The monoisotopic (exact) mass is 290 g/mol. The molecular weight excluding hydrogens is 268 g/mol. The van der Waals surface area contributed by atoms with Gasteiger partial charge in [0.25, 0.3) is 0 Å². The molecule has 1 fully saturated rings. The average Bonchev–Trinajstić information content (AvgIpc) is 3.26. The van der Waals surface area contributed by atoms with E-state index < -0.39 is 0 Å². The average molecular weight is 290 g/mol. The van der Waals surface area contributed by atoms with Gasteiger partial charge in [0.05, 0.1) is 25.9 Å². The molecule has 1 saturated heterocycles. The lowest BCUT2D eigenvalue weighted by Gasteiger charge is -2.09. The zero-order valence-electron chi connectivity index (χ0n) is 12.5. The van der Waals surface area contributed by atoms with E-state index in [1.807, 2.05) is 30.3 Å². The van der Waals surface area contributed by atoms with Gasteiger partial charge in [-0.25, -0.2) is 4.79 Å². The number of carbonyl (C=O) groups excluding carboxylic acids is 1. The molecule has 1 aromatic rings. The van der Waals surface area contributed by atoms with Crippen LogP contribution in [0, 0.1) is 5.92 Å². The summed E-state index contributed by atoms with van der Waals surface area (Å²) in [5.41, 5.74) is 1.17. The third-order valence-corrected chi connectivity index (χ3v) is 3.32. The minimum absolute atomic E-state index is 0.00438. The highest BCUT2D eigenvalue weighted by Gasteiger charge is 2.41. The second-order valence-corrected chi connectivity index (χ2v) is 5.15. The summed E-state index contributed by atoms with van der Waals surface area (Å²) in [6.07, 6.45) is 3.33. The molecule has 114 valence electrons. The number of epoxide rings is 1. The number of rotatable bonds is 8. The van der Waals surface area contributed by atoms with Crippen molar-refractivity contribution >= 4 is 5.97 Å². The summed E-state index contributed by atoms with van der Waals surface area (Å²) in [6, 6.07) is 10.1. The maximum Gasteiger partial charge on any atom is 0.330 e. The van der Waals surface area contributed by atoms with Gasteiger partial charge in [0.2, 0.25) is 0 Å². The minimum Gasteiger partial charge on any atom is -0.463 e. The van der Waals surface area contributed by atoms with Gasteiger partial charge in [0, 0.05) is 12.0 Å². The normalized spacial score (nSPS) is 22.2. The van der Waals surface area contributed by atoms with Crippen molar-refractivity contribution < 1.29 is 19.0 Å². The van der Waals surface area contributed by atoms with Gasteiger partial charge in [-0.1, -0.05) is 37.3 Å². The lowest BCUT2D eigenvalue weighted by Crippen LogP contribution is -2.13. The summed E-state index contributed by atoms with van der Waals surface area (Å²) in [7, 11) is 0. The Bertz CT molecular complexity index is 469. The highest BCUT2D eigenvalue weighted by atomic mass is 16.6. The summed E-state index contributed by atoms with van der Waals surface area (Å²) in [4.78, 5) is 11.2. The molecule has 0 spiro atoms. The number of ether oxygens (including phenoxy) is 3. The highest BCUT2D eigenvalue weighted by molar-refractivity contribution is 5.82. The molecule has 0 amide bonds. The van der Waals surface area contributed by atoms with Gasteiger partial charge in [-0.05, 0) is 18.6 Å². The molecule has 0 bridgehead atoms. The Kier molecular flexibility index (Phi) is 5.96. The molecule has 0 saturated carbocycles. The Morgan fingerprint density at radius 1 is 1.38 bits per heavy atom. The molecule has 1 aliphatic rings. The van der Waals surface area contributed by atoms with E-state index in [2.05, 4.69) is 6.92 Å². The molecule has 0 aliphatic carbocycles. The Morgan fingerprint density at radius 2 is 2.14 bits per heavy atom. The number of hydrogen-bond acceptors (Lipinski definition) is 4. The van der Waals surface area contributed by atoms with E-state index in [0.717, 1.165) is 0 Å². The Labute approximate surface area is 125 Å². The smallest absolute Gasteiger partial charge is 0.330 e. The van der Waals surface area contributed by atoms with Crippen molar-refractivity contribution in [2.24, 2.45) is 5.92 Å². The first-order valence-electron chi connectivity index (χ1n) is 7.32. The van der Waals surface area contributed by atoms with Crippen LogP contribution in [0.3, 0.4) is 0 Å². The zero-order chi connectivity index (χ0) is 15.1. The molecule has 3 atom stereocenters. The van der Waals surface area contributed by atoms with E-state index in [-0.39, 0.29) is 18.2 Å². The van der Waals surface area contributed by atoms with Gasteiger partial charge in [-0.15, -0.1) is 0 Å². The van der Waals surface area contributed by atoms with E-state index in [1.54, 1.807) is 13.0 Å². The fourth-order valence-corrected chi connectivity index (χ4v) is 2.14. The van der Waals surface area contributed by atoms with Crippen molar-refractivity contribution in [1.29, 1.82) is 0 Å². The second-order valence-electron chi connectivity index (χ2n) is 5.15. The largest absolute Gasteiger partial charge is 0.463 e. The van der Waals surface area contributed by atoms with E-state index in [4.69, 9.17) is 14.2 Å². The van der Waals surface area contributed by atoms with Crippen molar-refractivity contribution in [2.45, 2.75) is 32.7 Å². The van der Waals surface area contributed by atoms with Crippen LogP contribution in [0.15, 0.2) is 42.5 Å². The first-order chi connectivity index (χ1) is 10.2. The first-order valence-corrected chi connectivity index (χ1v) is 7.32. The van der Waals surface area contributed by atoms with Gasteiger partial charge in [0.1, 0.15) is 6.10 Å². The fourth-order valence-electron chi connectivity index (χ4n) is 2.14. The van der Waals surface area contributed by atoms with E-state index >= 15 is 0 Å². The van der Waals surface area contributed by atoms with E-state index in [1.165, 1.54) is 11.6 Å². The molecular formula is C17H22O4. The van der Waals surface area contributed by atoms with Crippen LogP contribution in [0.25, 0.3) is 0 Å². The topological polar surface area (TPSA) is 48.1 Å². The summed E-state index contributed by atoms with van der Waals surface area (Å²) >= 11 is 0. The van der Waals surface area contributed by atoms with Crippen LogP contribution in [0.5, 0.6) is 0 Å². The van der Waals surface area contributed by atoms with Gasteiger partial charge < -0.3 is 14.2 Å². The van der Waals surface area contributed by atoms with Gasteiger partial charge in [-0.2, -0.15) is 0 Å². The predicted octanol–water partition coefficient (Wildman–Crippen LogP) is 2.73. The van der Waals surface area contributed by atoms with Crippen molar-refractivity contribution in [3.8, 4) is 0 Å². The molecule has 1 heterocycles. The molecule has 0 unspecified atom stereocenters. The lowest BCUT2D eigenvalue weighted by atomic mass is 10.1. The molecule has 0 N–H and O–H groups in total. The van der Waals surface area contributed by atoms with Crippen molar-refractivity contribution in [3.63, 3.8) is 0 Å². The number of esters is 1. The van der Waals surface area contributed by atoms with E-state index in [0.29, 0.717) is 25.7 Å². The van der Waals surface area contributed by atoms with Crippen LogP contribution in [0.2, 0.25) is 0 Å². The standard InChI is InChI=1S/C17H22O4/c1-3-20-16(18)10-9-15-17(21-15)13(2)11-19-12-14-7-5-4-6-8-14/h4-10,13,15,17H,3,11-12H2,1-2H3/b10-9-/t13-,15+,17-/m0/s1. The van der Waals surface area contributed by atoms with Gasteiger partial charge >= 0.3 is 5.97 Å². The number of carbonyl (C=O) groups is 1. The molecule has 0 aromatic heterocycles. The fraction of sp³-hybridized carbons (Fsp3) is 0.471. The van der Waals surface area contributed by atoms with Crippen molar-refractivity contribution in [2.75, 3.05) is 13.2 Å². The molecule has 4 heteroatoms. The van der Waals surface area contributed by atoms with E-state index in [9.17, 15) is 4.79 Å². The van der Waals surface area contributed by atoms with Crippen LogP contribution >= 0.6 is 0 Å². The van der Waals surface area contributed by atoms with Crippen molar-refractivity contribution in [3.05, 3.63) is 48.0 Å². The zero-order valence-corrected chi connectivity index (χ0v) is 12.5. The second kappa shape index (κ2) is 7.96. The summed E-state index contributed by atoms with van der Waals surface area (Å²) in [5, 5.41) is 0. The summed E-state index contributed by atoms with van der Waals surface area (Å²) in [6.45, 7) is 5.52. The van der Waals surface area contributed by atoms with Gasteiger partial charge in [0.15, 0.2) is 0 Å². The Balaban J connectivity index is 1.64. The molecule has 2 rings (SSSR count). The Hall–Kier alpha value is -1.65.